The first-order valence-corrected chi connectivity index (χ1v) is 10.8. The number of fused-ring (bicyclic) bond motifs is 2. The lowest BCUT2D eigenvalue weighted by Crippen LogP contribution is -2.26. The summed E-state index contributed by atoms with van der Waals surface area (Å²) in [5.41, 5.74) is 2.72. The third kappa shape index (κ3) is 4.24. The Labute approximate surface area is 194 Å². The van der Waals surface area contributed by atoms with E-state index in [1.54, 1.807) is 25.4 Å². The maximum atomic E-state index is 13.5. The highest BCUT2D eigenvalue weighted by Crippen LogP contribution is 2.37. The number of methoxy groups -OCH3 is 1. The molecule has 0 amide bonds. The number of rotatable bonds is 5. The molecule has 34 heavy (non-hydrogen) atoms. The van der Waals surface area contributed by atoms with Gasteiger partial charge in [-0.3, -0.25) is 0 Å². The number of hydrogen-bond donors (Lipinski definition) is 3. The number of hydrogen-bond acceptors (Lipinski definition) is 6. The molecule has 1 aliphatic rings. The van der Waals surface area contributed by atoms with Gasteiger partial charge in [0, 0.05) is 19.3 Å². The van der Waals surface area contributed by atoms with Crippen LogP contribution in [0.25, 0.3) is 11.0 Å². The van der Waals surface area contributed by atoms with Gasteiger partial charge in [0.25, 0.3) is 0 Å². The lowest BCUT2D eigenvalue weighted by atomic mass is 9.99. The second kappa shape index (κ2) is 8.53. The molecule has 3 heterocycles. The fraction of sp³-hybridized carbons (Fsp3) is 0.250. The van der Waals surface area contributed by atoms with Gasteiger partial charge >= 0.3 is 6.18 Å². The summed E-state index contributed by atoms with van der Waals surface area (Å²) in [7, 11) is 3.66. The molecule has 0 saturated heterocycles. The van der Waals surface area contributed by atoms with Crippen molar-refractivity contribution in [3.8, 4) is 5.75 Å². The van der Waals surface area contributed by atoms with Gasteiger partial charge in [-0.2, -0.15) is 23.1 Å². The molecule has 2 aromatic carbocycles. The Kier molecular flexibility index (Phi) is 5.52. The van der Waals surface area contributed by atoms with E-state index >= 15 is 0 Å². The number of para-hydroxylation sites is 1. The molecule has 0 saturated carbocycles. The van der Waals surface area contributed by atoms with E-state index in [0.717, 1.165) is 25.6 Å². The molecule has 2 aromatic heterocycles. The van der Waals surface area contributed by atoms with Crippen LogP contribution in [-0.2, 0) is 19.1 Å². The fourth-order valence-electron chi connectivity index (χ4n) is 4.17. The zero-order valence-electron chi connectivity index (χ0n) is 18.6. The maximum absolute atomic E-state index is 13.5. The predicted molar refractivity (Wildman–Crippen MR) is 125 cm³/mol. The number of anilines is 4. The molecule has 1 aliphatic heterocycles. The van der Waals surface area contributed by atoms with Crippen LogP contribution in [0.4, 0.5) is 36.3 Å². The smallest absolute Gasteiger partial charge is 0.418 e. The molecule has 0 spiro atoms. The molecule has 0 bridgehead atoms. The number of aromatic nitrogens is 3. The summed E-state index contributed by atoms with van der Waals surface area (Å²) in [6.07, 6.45) is -1.90. The number of benzene rings is 2. The summed E-state index contributed by atoms with van der Waals surface area (Å²) in [4.78, 5) is 14.2. The summed E-state index contributed by atoms with van der Waals surface area (Å²) in [6, 6.07) is 11.0. The van der Waals surface area contributed by atoms with Gasteiger partial charge in [0.15, 0.2) is 0 Å². The van der Waals surface area contributed by atoms with Crippen molar-refractivity contribution in [2.75, 3.05) is 31.3 Å². The number of nitrogens with one attached hydrogen (secondary N) is 3. The molecule has 0 fully saturated rings. The van der Waals surface area contributed by atoms with Crippen LogP contribution in [-0.4, -0.2) is 40.6 Å². The van der Waals surface area contributed by atoms with E-state index in [2.05, 4.69) is 37.5 Å². The molecule has 176 valence electrons. The number of alkyl halides is 3. The zero-order valence-corrected chi connectivity index (χ0v) is 18.6. The van der Waals surface area contributed by atoms with Crippen molar-refractivity contribution in [2.45, 2.75) is 19.1 Å². The number of aromatic amines is 1. The normalized spacial score (nSPS) is 14.1. The minimum absolute atomic E-state index is 0.0865. The van der Waals surface area contributed by atoms with Crippen molar-refractivity contribution < 1.29 is 17.9 Å². The Balaban J connectivity index is 1.53. The van der Waals surface area contributed by atoms with Crippen molar-refractivity contribution in [1.82, 2.24) is 19.9 Å². The lowest BCUT2D eigenvalue weighted by molar-refractivity contribution is -0.136. The van der Waals surface area contributed by atoms with Crippen LogP contribution in [0, 0.1) is 0 Å². The van der Waals surface area contributed by atoms with Gasteiger partial charge in [0.1, 0.15) is 17.2 Å². The second-order valence-corrected chi connectivity index (χ2v) is 8.24. The van der Waals surface area contributed by atoms with Crippen LogP contribution >= 0.6 is 0 Å². The second-order valence-electron chi connectivity index (χ2n) is 8.24. The minimum Gasteiger partial charge on any atom is -0.495 e. The molecule has 0 unspecified atom stereocenters. The number of halogens is 3. The molecule has 7 nitrogen and oxygen atoms in total. The number of ether oxygens (including phenoxy) is 1. The third-order valence-corrected chi connectivity index (χ3v) is 5.87. The van der Waals surface area contributed by atoms with E-state index < -0.39 is 11.7 Å². The fourth-order valence-corrected chi connectivity index (χ4v) is 4.17. The van der Waals surface area contributed by atoms with E-state index in [1.807, 2.05) is 12.1 Å². The van der Waals surface area contributed by atoms with Gasteiger partial charge < -0.3 is 25.3 Å². The van der Waals surface area contributed by atoms with Crippen molar-refractivity contribution in [3.63, 3.8) is 0 Å². The predicted octanol–water partition coefficient (Wildman–Crippen LogP) is 5.46. The van der Waals surface area contributed by atoms with E-state index in [-0.39, 0.29) is 17.5 Å². The molecular formula is C24H23F3N6O. The van der Waals surface area contributed by atoms with E-state index in [1.165, 1.54) is 23.3 Å². The number of nitrogens with zero attached hydrogens (tertiary/aromatic N) is 3. The summed E-state index contributed by atoms with van der Waals surface area (Å²) < 4.78 is 46.1. The number of likely N-dealkylation sites (N-methyl/N-ethyl adjacent to an activating group) is 1. The standard InChI is InChI=1S/C24H23F3N6O/c1-33-10-8-14-12-20(34-2)19(11-15(14)13-33)30-23-31-21-16(7-9-28-21)22(32-23)29-18-6-4-3-5-17(18)24(25,26)27/h3-7,9,11-12H,8,10,13H2,1-2H3,(H3,28,29,30,31,32). The summed E-state index contributed by atoms with van der Waals surface area (Å²) >= 11 is 0. The summed E-state index contributed by atoms with van der Waals surface area (Å²) in [6.45, 7) is 1.79. The quantitative estimate of drug-likeness (QED) is 0.361. The average molecular weight is 468 g/mol. The molecular weight excluding hydrogens is 445 g/mol. The molecule has 4 aromatic rings. The van der Waals surface area contributed by atoms with Gasteiger partial charge in [-0.25, -0.2) is 0 Å². The van der Waals surface area contributed by atoms with Gasteiger partial charge in [0.2, 0.25) is 5.95 Å². The molecule has 0 radical (unpaired) electrons. The van der Waals surface area contributed by atoms with E-state index in [0.29, 0.717) is 22.5 Å². The van der Waals surface area contributed by atoms with Gasteiger partial charge in [-0.05, 0) is 54.9 Å². The minimum atomic E-state index is -4.50. The highest BCUT2D eigenvalue weighted by Gasteiger charge is 2.33. The van der Waals surface area contributed by atoms with Crippen molar-refractivity contribution in [3.05, 3.63) is 65.4 Å². The molecule has 10 heteroatoms. The van der Waals surface area contributed by atoms with Crippen LogP contribution < -0.4 is 15.4 Å². The van der Waals surface area contributed by atoms with E-state index in [4.69, 9.17) is 4.74 Å². The largest absolute Gasteiger partial charge is 0.495 e. The Morgan fingerprint density at radius 3 is 2.65 bits per heavy atom. The topological polar surface area (TPSA) is 78.1 Å². The van der Waals surface area contributed by atoms with Crippen LogP contribution in [0.1, 0.15) is 16.7 Å². The van der Waals surface area contributed by atoms with Crippen LogP contribution in [0.5, 0.6) is 5.75 Å². The van der Waals surface area contributed by atoms with Crippen molar-refractivity contribution in [2.24, 2.45) is 0 Å². The first kappa shape index (κ1) is 22.0. The van der Waals surface area contributed by atoms with Gasteiger partial charge in [-0.15, -0.1) is 0 Å². The molecule has 3 N–H and O–H groups in total. The Bertz CT molecular complexity index is 1350. The molecule has 5 rings (SSSR count). The van der Waals surface area contributed by atoms with Crippen LogP contribution in [0.3, 0.4) is 0 Å². The van der Waals surface area contributed by atoms with Gasteiger partial charge in [0.05, 0.1) is 29.4 Å². The Hall–Kier alpha value is -3.79. The first-order valence-electron chi connectivity index (χ1n) is 10.8. The zero-order chi connectivity index (χ0) is 23.9. The first-order chi connectivity index (χ1) is 16.3. The Morgan fingerprint density at radius 1 is 1.03 bits per heavy atom. The van der Waals surface area contributed by atoms with Crippen LogP contribution in [0.2, 0.25) is 0 Å². The van der Waals surface area contributed by atoms with Crippen LogP contribution in [0.15, 0.2) is 48.7 Å². The molecule has 0 atom stereocenters. The number of H-pyrrole nitrogens is 1. The SMILES string of the molecule is COc1cc2c(cc1Nc1nc(Nc3ccccc3C(F)(F)F)c3cc[nH]c3n1)CN(C)CC2. The third-order valence-electron chi connectivity index (χ3n) is 5.87. The van der Waals surface area contributed by atoms with E-state index in [9.17, 15) is 13.2 Å². The molecule has 0 aliphatic carbocycles. The lowest BCUT2D eigenvalue weighted by Gasteiger charge is -2.26. The van der Waals surface area contributed by atoms with Gasteiger partial charge in [-0.1, -0.05) is 12.1 Å². The Morgan fingerprint density at radius 2 is 1.85 bits per heavy atom. The highest BCUT2D eigenvalue weighted by molar-refractivity contribution is 5.90. The van der Waals surface area contributed by atoms with Crippen molar-refractivity contribution >= 4 is 34.2 Å². The average Bonchev–Trinajstić information content (AvgIpc) is 3.27. The maximum Gasteiger partial charge on any atom is 0.418 e. The monoisotopic (exact) mass is 468 g/mol. The highest BCUT2D eigenvalue weighted by atomic mass is 19.4. The summed E-state index contributed by atoms with van der Waals surface area (Å²) in [5.74, 6) is 1.13. The van der Waals surface area contributed by atoms with Crippen molar-refractivity contribution in [1.29, 1.82) is 0 Å². The summed E-state index contributed by atoms with van der Waals surface area (Å²) in [5, 5.41) is 6.61.